The molecule has 0 amide bonds. The van der Waals surface area contributed by atoms with Crippen LogP contribution in [0.5, 0.6) is 17.2 Å². The molecular formula is C40H46Cl2N4O7. The van der Waals surface area contributed by atoms with E-state index in [1.54, 1.807) is 24.4 Å². The molecule has 11 nitrogen and oxygen atoms in total. The molecule has 4 aromatic rings. The number of halogens is 2. The molecule has 0 bridgehead atoms. The molecule has 1 aromatic heterocycles. The average molecular weight is 766 g/mol. The molecule has 5 N–H and O–H groups in total. The Labute approximate surface area is 320 Å². The maximum atomic E-state index is 10.2. The molecule has 53 heavy (non-hydrogen) atoms. The Kier molecular flexibility index (Phi) is 15.1. The van der Waals surface area contributed by atoms with Crippen molar-refractivity contribution in [1.29, 1.82) is 5.26 Å². The number of β-amino-alcohol motifs (C(OH)–C–C–N with tert-alkyl or cyclic N) is 1. The van der Waals surface area contributed by atoms with Crippen LogP contribution in [0, 0.1) is 24.2 Å². The van der Waals surface area contributed by atoms with Gasteiger partial charge < -0.3 is 44.9 Å². The summed E-state index contributed by atoms with van der Waals surface area (Å²) in [6.45, 7) is 5.17. The fourth-order valence-corrected chi connectivity index (χ4v) is 6.76. The van der Waals surface area contributed by atoms with Crippen molar-refractivity contribution in [3.05, 3.63) is 105 Å². The van der Waals surface area contributed by atoms with Crippen LogP contribution in [0.25, 0.3) is 11.1 Å². The van der Waals surface area contributed by atoms with E-state index in [0.717, 1.165) is 48.2 Å². The van der Waals surface area contributed by atoms with Gasteiger partial charge in [0.1, 0.15) is 36.5 Å². The van der Waals surface area contributed by atoms with Gasteiger partial charge in [0.15, 0.2) is 0 Å². The molecule has 0 unspecified atom stereocenters. The average Bonchev–Trinajstić information content (AvgIpc) is 3.17. The zero-order valence-electron chi connectivity index (χ0n) is 29.7. The lowest BCUT2D eigenvalue weighted by molar-refractivity contribution is -0.00293. The summed E-state index contributed by atoms with van der Waals surface area (Å²) in [4.78, 5) is 6.31. The fourth-order valence-electron chi connectivity index (χ4n) is 6.24. The summed E-state index contributed by atoms with van der Waals surface area (Å²) < 4.78 is 18.6. The summed E-state index contributed by atoms with van der Waals surface area (Å²) in [5.74, 6) is 1.46. The van der Waals surface area contributed by atoms with E-state index in [1.165, 1.54) is 6.20 Å². The molecule has 0 spiro atoms. The minimum absolute atomic E-state index is 0.0149. The van der Waals surface area contributed by atoms with Crippen molar-refractivity contribution in [3.8, 4) is 34.4 Å². The zero-order chi connectivity index (χ0) is 37.7. The van der Waals surface area contributed by atoms with E-state index in [0.29, 0.717) is 63.7 Å². The molecule has 1 saturated heterocycles. The van der Waals surface area contributed by atoms with Gasteiger partial charge in [0.25, 0.3) is 0 Å². The van der Waals surface area contributed by atoms with E-state index in [9.17, 15) is 25.7 Å². The van der Waals surface area contributed by atoms with Gasteiger partial charge in [0, 0.05) is 73.9 Å². The number of rotatable bonds is 18. The topological polar surface area (TPSA) is 161 Å². The van der Waals surface area contributed by atoms with Gasteiger partial charge >= 0.3 is 0 Å². The second-order valence-corrected chi connectivity index (χ2v) is 13.9. The van der Waals surface area contributed by atoms with Gasteiger partial charge in [-0.3, -0.25) is 4.98 Å². The smallest absolute Gasteiger partial charge is 0.142 e. The number of hydrogen-bond donors (Lipinski definition) is 5. The second kappa shape index (κ2) is 19.9. The normalized spacial score (nSPS) is 16.6. The highest BCUT2D eigenvalue weighted by Crippen LogP contribution is 2.39. The number of nitrogens with one attached hydrogen (secondary N) is 1. The zero-order valence-corrected chi connectivity index (χ0v) is 31.2. The van der Waals surface area contributed by atoms with Gasteiger partial charge in [-0.05, 0) is 61.2 Å². The Morgan fingerprint density at radius 1 is 0.981 bits per heavy atom. The van der Waals surface area contributed by atoms with E-state index in [4.69, 9.17) is 37.4 Å². The van der Waals surface area contributed by atoms with Gasteiger partial charge in [-0.1, -0.05) is 53.5 Å². The standard InChI is InChI=1S/C40H46Cl2N4O7/c1-26-30(5-2-6-33(26)34-7-3-8-37(40(34)42)51-12-4-10-46-11-9-29(22-47)36(50)21-46)25-53-39-15-38(52-24-28-13-27(16-43)17-44-18-28)31(14-35(39)41)19-45-20-32(49)23-48/h2-3,5-8,13-15,17-18,29,32,36,45,47-50H,4,9-12,19-25H2,1H3/t29-,32+,36-/m1/s1. The summed E-state index contributed by atoms with van der Waals surface area (Å²) in [7, 11) is 0. The van der Waals surface area contributed by atoms with Crippen LogP contribution in [0.3, 0.4) is 0 Å². The highest BCUT2D eigenvalue weighted by molar-refractivity contribution is 6.35. The summed E-state index contributed by atoms with van der Waals surface area (Å²) in [6, 6.07) is 18.9. The maximum absolute atomic E-state index is 10.2. The number of aliphatic hydroxyl groups is 4. The number of piperidine rings is 1. The van der Waals surface area contributed by atoms with Gasteiger partial charge in [0.2, 0.25) is 0 Å². The molecule has 0 saturated carbocycles. The number of ether oxygens (including phenoxy) is 3. The summed E-state index contributed by atoms with van der Waals surface area (Å²) in [5, 5.41) is 51.9. The molecule has 2 heterocycles. The lowest BCUT2D eigenvalue weighted by Gasteiger charge is -2.35. The van der Waals surface area contributed by atoms with Crippen LogP contribution < -0.4 is 19.5 Å². The predicted octanol–water partition coefficient (Wildman–Crippen LogP) is 5.28. The molecule has 1 aliphatic heterocycles. The molecule has 5 rings (SSSR count). The number of pyridine rings is 1. The second-order valence-electron chi connectivity index (χ2n) is 13.1. The molecule has 1 aliphatic rings. The summed E-state index contributed by atoms with van der Waals surface area (Å²) in [6.07, 6.45) is 3.25. The number of hydrogen-bond acceptors (Lipinski definition) is 11. The number of nitriles is 1. The van der Waals surface area contributed by atoms with Crippen molar-refractivity contribution in [2.45, 2.75) is 51.7 Å². The van der Waals surface area contributed by atoms with Crippen molar-refractivity contribution in [3.63, 3.8) is 0 Å². The lowest BCUT2D eigenvalue weighted by Crippen LogP contribution is -2.45. The third-order valence-electron chi connectivity index (χ3n) is 9.34. The molecule has 0 radical (unpaired) electrons. The molecular weight excluding hydrogens is 719 g/mol. The van der Waals surface area contributed by atoms with Crippen LogP contribution in [-0.4, -0.2) is 88.5 Å². The van der Waals surface area contributed by atoms with Crippen LogP contribution in [0.1, 0.15) is 40.7 Å². The van der Waals surface area contributed by atoms with Crippen LogP contribution in [0.2, 0.25) is 10.0 Å². The van der Waals surface area contributed by atoms with Gasteiger partial charge in [-0.2, -0.15) is 5.26 Å². The Balaban J connectivity index is 1.26. The largest absolute Gasteiger partial charge is 0.492 e. The number of aromatic nitrogens is 1. The Hall–Kier alpha value is -3.96. The molecule has 282 valence electrons. The van der Waals surface area contributed by atoms with E-state index in [2.05, 4.69) is 21.3 Å². The SMILES string of the molecule is Cc1c(COc2cc(OCc3cncc(C#N)c3)c(CNC[C@H](O)CO)cc2Cl)cccc1-c1cccc(OCCCN2CC[C@H](CO)[C@H](O)C2)c1Cl. The number of benzene rings is 3. The Bertz CT molecular complexity index is 1860. The Morgan fingerprint density at radius 2 is 1.77 bits per heavy atom. The number of nitrogens with zero attached hydrogens (tertiary/aromatic N) is 3. The Morgan fingerprint density at radius 3 is 2.55 bits per heavy atom. The summed E-state index contributed by atoms with van der Waals surface area (Å²) in [5.41, 5.74) is 5.55. The van der Waals surface area contributed by atoms with Crippen LogP contribution in [0.4, 0.5) is 0 Å². The maximum Gasteiger partial charge on any atom is 0.142 e. The third kappa shape index (κ3) is 11.0. The van der Waals surface area contributed by atoms with E-state index >= 15 is 0 Å². The highest BCUT2D eigenvalue weighted by atomic mass is 35.5. The molecule has 13 heteroatoms. The van der Waals surface area contributed by atoms with Crippen LogP contribution in [-0.2, 0) is 19.8 Å². The van der Waals surface area contributed by atoms with Crippen LogP contribution >= 0.6 is 23.2 Å². The van der Waals surface area contributed by atoms with E-state index in [1.807, 2.05) is 43.3 Å². The third-order valence-corrected chi connectivity index (χ3v) is 10.0. The first-order valence-corrected chi connectivity index (χ1v) is 18.4. The molecule has 0 aliphatic carbocycles. The first-order valence-electron chi connectivity index (χ1n) is 17.6. The fraction of sp³-hybridized carbons (Fsp3) is 0.400. The number of likely N-dealkylation sites (tertiary alicyclic amines) is 1. The minimum atomic E-state index is -0.908. The minimum Gasteiger partial charge on any atom is -0.492 e. The van der Waals surface area contributed by atoms with Gasteiger partial charge in [0.05, 0.1) is 41.0 Å². The monoisotopic (exact) mass is 764 g/mol. The summed E-state index contributed by atoms with van der Waals surface area (Å²) >= 11 is 13.6. The predicted molar refractivity (Wildman–Crippen MR) is 203 cm³/mol. The van der Waals surface area contributed by atoms with E-state index < -0.39 is 12.2 Å². The van der Waals surface area contributed by atoms with Crippen molar-refractivity contribution < 1.29 is 34.6 Å². The quantitative estimate of drug-likeness (QED) is 0.0839. The molecule has 1 fully saturated rings. The van der Waals surface area contributed by atoms with Gasteiger partial charge in [-0.25, -0.2) is 0 Å². The van der Waals surface area contributed by atoms with Crippen molar-refractivity contribution >= 4 is 23.2 Å². The van der Waals surface area contributed by atoms with Crippen molar-refractivity contribution in [1.82, 2.24) is 15.2 Å². The first-order chi connectivity index (χ1) is 25.7. The van der Waals surface area contributed by atoms with Gasteiger partial charge in [-0.15, -0.1) is 0 Å². The highest BCUT2D eigenvalue weighted by Gasteiger charge is 2.26. The van der Waals surface area contributed by atoms with Crippen molar-refractivity contribution in [2.24, 2.45) is 5.92 Å². The first kappa shape index (κ1) is 40.2. The van der Waals surface area contributed by atoms with Crippen molar-refractivity contribution in [2.75, 3.05) is 46.0 Å². The van der Waals surface area contributed by atoms with Crippen LogP contribution in [0.15, 0.2) is 67.0 Å². The van der Waals surface area contributed by atoms with E-state index in [-0.39, 0.29) is 38.9 Å². The molecule has 3 atom stereocenters. The lowest BCUT2D eigenvalue weighted by atomic mass is 9.95. The number of aliphatic hydroxyl groups excluding tert-OH is 4. The molecule has 3 aromatic carbocycles.